The number of benzene rings is 1. The third-order valence-electron chi connectivity index (χ3n) is 3.74. The van der Waals surface area contributed by atoms with Gasteiger partial charge < -0.3 is 5.73 Å². The van der Waals surface area contributed by atoms with E-state index in [1.54, 1.807) is 16.4 Å². The molecular formula is C13H20N2O2S. The lowest BCUT2D eigenvalue weighted by Crippen LogP contribution is -2.30. The smallest absolute Gasteiger partial charge is 0.218 e. The average Bonchev–Trinajstić information content (AvgIpc) is 2.63. The normalized spacial score (nSPS) is 25.4. The Morgan fingerprint density at radius 3 is 2.33 bits per heavy atom. The van der Waals surface area contributed by atoms with Crippen molar-refractivity contribution in [1.29, 1.82) is 0 Å². The number of nitrogen functional groups attached to an aromatic ring is 1. The predicted molar refractivity (Wildman–Crippen MR) is 73.4 cm³/mol. The molecule has 0 bridgehead atoms. The number of hydrogen-bond donors (Lipinski definition) is 1. The lowest BCUT2D eigenvalue weighted by molar-refractivity contribution is 0.462. The zero-order valence-electron chi connectivity index (χ0n) is 10.8. The lowest BCUT2D eigenvalue weighted by Gasteiger charge is -2.16. The molecule has 0 aromatic heterocycles. The van der Waals surface area contributed by atoms with Crippen LogP contribution in [0, 0.1) is 11.8 Å². The van der Waals surface area contributed by atoms with Crippen LogP contribution in [0.2, 0.25) is 0 Å². The topological polar surface area (TPSA) is 63.4 Å². The SMILES string of the molecule is CC1CN(S(=O)(=O)Cc2ccccc2N)CC1C. The highest BCUT2D eigenvalue weighted by atomic mass is 32.2. The van der Waals surface area contributed by atoms with Gasteiger partial charge in [-0.2, -0.15) is 0 Å². The number of hydrogen-bond acceptors (Lipinski definition) is 3. The van der Waals surface area contributed by atoms with Gasteiger partial charge in [0.1, 0.15) is 0 Å². The Morgan fingerprint density at radius 2 is 1.78 bits per heavy atom. The van der Waals surface area contributed by atoms with Gasteiger partial charge >= 0.3 is 0 Å². The molecule has 0 saturated carbocycles. The Hall–Kier alpha value is -1.07. The van der Waals surface area contributed by atoms with Gasteiger partial charge in [-0.15, -0.1) is 0 Å². The first-order valence-electron chi connectivity index (χ1n) is 6.21. The van der Waals surface area contributed by atoms with Crippen LogP contribution in [0.3, 0.4) is 0 Å². The Balaban J connectivity index is 2.16. The molecule has 1 aliphatic rings. The second-order valence-electron chi connectivity index (χ2n) is 5.23. The van der Waals surface area contributed by atoms with E-state index in [0.717, 1.165) is 0 Å². The van der Waals surface area contributed by atoms with Crippen molar-refractivity contribution in [1.82, 2.24) is 4.31 Å². The summed E-state index contributed by atoms with van der Waals surface area (Å²) in [6.07, 6.45) is 0. The van der Waals surface area contributed by atoms with E-state index < -0.39 is 10.0 Å². The lowest BCUT2D eigenvalue weighted by atomic mass is 10.0. The molecule has 0 spiro atoms. The maximum absolute atomic E-state index is 12.3. The van der Waals surface area contributed by atoms with Crippen molar-refractivity contribution in [3.8, 4) is 0 Å². The van der Waals surface area contributed by atoms with E-state index in [1.165, 1.54) is 0 Å². The highest BCUT2D eigenvalue weighted by Crippen LogP contribution is 2.26. The van der Waals surface area contributed by atoms with Gasteiger partial charge in [-0.3, -0.25) is 0 Å². The number of para-hydroxylation sites is 1. The van der Waals surface area contributed by atoms with Crippen molar-refractivity contribution < 1.29 is 8.42 Å². The van der Waals surface area contributed by atoms with Crippen molar-refractivity contribution in [3.05, 3.63) is 29.8 Å². The minimum atomic E-state index is -3.25. The fraction of sp³-hybridized carbons (Fsp3) is 0.538. The summed E-state index contributed by atoms with van der Waals surface area (Å²) in [4.78, 5) is 0. The Kier molecular flexibility index (Phi) is 3.64. The molecule has 0 amide bonds. The zero-order valence-corrected chi connectivity index (χ0v) is 11.7. The summed E-state index contributed by atoms with van der Waals surface area (Å²) >= 11 is 0. The largest absolute Gasteiger partial charge is 0.398 e. The molecule has 1 fully saturated rings. The predicted octanol–water partition coefficient (Wildman–Crippen LogP) is 1.69. The van der Waals surface area contributed by atoms with E-state index in [2.05, 4.69) is 13.8 Å². The van der Waals surface area contributed by atoms with E-state index in [4.69, 9.17) is 5.73 Å². The number of nitrogens with zero attached hydrogens (tertiary/aromatic N) is 1. The summed E-state index contributed by atoms with van der Waals surface area (Å²) in [6.45, 7) is 5.43. The molecule has 1 aromatic rings. The van der Waals surface area contributed by atoms with E-state index >= 15 is 0 Å². The highest BCUT2D eigenvalue weighted by molar-refractivity contribution is 7.88. The van der Waals surface area contributed by atoms with Crippen LogP contribution in [0.1, 0.15) is 19.4 Å². The molecule has 2 rings (SSSR count). The van der Waals surface area contributed by atoms with Gasteiger partial charge in [0, 0.05) is 18.8 Å². The van der Waals surface area contributed by atoms with Crippen molar-refractivity contribution in [3.63, 3.8) is 0 Å². The Labute approximate surface area is 109 Å². The van der Waals surface area contributed by atoms with Crippen LogP contribution >= 0.6 is 0 Å². The molecular weight excluding hydrogens is 248 g/mol. The Morgan fingerprint density at radius 1 is 1.22 bits per heavy atom. The van der Waals surface area contributed by atoms with Gasteiger partial charge in [0.2, 0.25) is 10.0 Å². The summed E-state index contributed by atoms with van der Waals surface area (Å²) in [5, 5.41) is 0. The standard InChI is InChI=1S/C13H20N2O2S/c1-10-7-15(8-11(10)2)18(16,17)9-12-5-3-4-6-13(12)14/h3-6,10-11H,7-9,14H2,1-2H3. The first-order chi connectivity index (χ1) is 8.40. The van der Waals surface area contributed by atoms with Crippen molar-refractivity contribution in [2.24, 2.45) is 11.8 Å². The van der Waals surface area contributed by atoms with Gasteiger partial charge in [-0.1, -0.05) is 32.0 Å². The van der Waals surface area contributed by atoms with Gasteiger partial charge in [0.15, 0.2) is 0 Å². The second-order valence-corrected chi connectivity index (χ2v) is 7.20. The van der Waals surface area contributed by atoms with E-state index in [0.29, 0.717) is 36.2 Å². The van der Waals surface area contributed by atoms with Gasteiger partial charge in [-0.25, -0.2) is 12.7 Å². The van der Waals surface area contributed by atoms with Crippen LogP contribution in [0.5, 0.6) is 0 Å². The molecule has 2 unspecified atom stereocenters. The summed E-state index contributed by atoms with van der Waals surface area (Å²) in [7, 11) is -3.25. The molecule has 4 nitrogen and oxygen atoms in total. The third kappa shape index (κ3) is 2.67. The minimum absolute atomic E-state index is 0.000880. The highest BCUT2D eigenvalue weighted by Gasteiger charge is 2.34. The maximum atomic E-state index is 12.3. The maximum Gasteiger partial charge on any atom is 0.218 e. The molecule has 0 aliphatic carbocycles. The van der Waals surface area contributed by atoms with Gasteiger partial charge in [0.25, 0.3) is 0 Å². The van der Waals surface area contributed by atoms with Crippen LogP contribution in [-0.4, -0.2) is 25.8 Å². The quantitative estimate of drug-likeness (QED) is 0.848. The average molecular weight is 268 g/mol. The van der Waals surface area contributed by atoms with Gasteiger partial charge in [-0.05, 0) is 23.5 Å². The molecule has 0 radical (unpaired) electrons. The van der Waals surface area contributed by atoms with Gasteiger partial charge in [0.05, 0.1) is 5.75 Å². The van der Waals surface area contributed by atoms with Crippen molar-refractivity contribution in [2.45, 2.75) is 19.6 Å². The Bertz CT molecular complexity index is 518. The fourth-order valence-electron chi connectivity index (χ4n) is 2.26. The summed E-state index contributed by atoms with van der Waals surface area (Å²) < 4.78 is 26.2. The second kappa shape index (κ2) is 4.90. The first-order valence-corrected chi connectivity index (χ1v) is 7.82. The van der Waals surface area contributed by atoms with E-state index in [-0.39, 0.29) is 5.75 Å². The molecule has 1 aromatic carbocycles. The molecule has 1 saturated heterocycles. The van der Waals surface area contributed by atoms with Crippen LogP contribution in [0.25, 0.3) is 0 Å². The number of sulfonamides is 1. The third-order valence-corrected chi connectivity index (χ3v) is 5.50. The molecule has 100 valence electrons. The van der Waals surface area contributed by atoms with Crippen LogP contribution in [0.4, 0.5) is 5.69 Å². The number of anilines is 1. The van der Waals surface area contributed by atoms with Crippen LogP contribution in [0.15, 0.2) is 24.3 Å². The zero-order chi connectivity index (χ0) is 13.3. The van der Waals surface area contributed by atoms with E-state index in [1.807, 2.05) is 12.1 Å². The molecule has 2 atom stereocenters. The molecule has 18 heavy (non-hydrogen) atoms. The van der Waals surface area contributed by atoms with Crippen LogP contribution in [-0.2, 0) is 15.8 Å². The summed E-state index contributed by atoms with van der Waals surface area (Å²) in [6, 6.07) is 7.14. The van der Waals surface area contributed by atoms with Crippen molar-refractivity contribution >= 4 is 15.7 Å². The number of rotatable bonds is 3. The molecule has 1 aliphatic heterocycles. The molecule has 1 heterocycles. The summed E-state index contributed by atoms with van der Waals surface area (Å²) in [5.74, 6) is 0.847. The van der Waals surface area contributed by atoms with E-state index in [9.17, 15) is 8.42 Å². The molecule has 5 heteroatoms. The minimum Gasteiger partial charge on any atom is -0.398 e. The van der Waals surface area contributed by atoms with Crippen LogP contribution < -0.4 is 5.73 Å². The monoisotopic (exact) mass is 268 g/mol. The summed E-state index contributed by atoms with van der Waals surface area (Å²) in [5.41, 5.74) is 7.03. The number of nitrogens with two attached hydrogens (primary N) is 1. The van der Waals surface area contributed by atoms with Crippen molar-refractivity contribution in [2.75, 3.05) is 18.8 Å². The molecule has 2 N–H and O–H groups in total. The fourth-order valence-corrected chi connectivity index (χ4v) is 4.02. The first kappa shape index (κ1) is 13.4.